The molecule has 0 saturated carbocycles. The first-order valence-corrected chi connectivity index (χ1v) is 9.27. The van der Waals surface area contributed by atoms with E-state index >= 15 is 0 Å². The molecule has 1 aromatic carbocycles. The number of phenolic OH excluding ortho intramolecular Hbond substituents is 1. The second-order valence-electron chi connectivity index (χ2n) is 7.95. The summed E-state index contributed by atoms with van der Waals surface area (Å²) >= 11 is 0. The Hall–Kier alpha value is -2.65. The van der Waals surface area contributed by atoms with Crippen LogP contribution >= 0.6 is 0 Å². The monoisotopic (exact) mass is 365 g/mol. The van der Waals surface area contributed by atoms with Crippen molar-refractivity contribution in [2.75, 3.05) is 25.5 Å². The lowest BCUT2D eigenvalue weighted by molar-refractivity contribution is 0.0391. The van der Waals surface area contributed by atoms with E-state index in [2.05, 4.69) is 60.9 Å². The zero-order valence-corrected chi connectivity index (χ0v) is 16.6. The number of nitrogens with zero attached hydrogens (tertiary/aromatic N) is 5. The Labute approximate surface area is 161 Å². The predicted octanol–water partition coefficient (Wildman–Crippen LogP) is 3.28. The maximum absolute atomic E-state index is 10.1. The van der Waals surface area contributed by atoms with Gasteiger partial charge in [0.15, 0.2) is 5.82 Å². The maximum Gasteiger partial charge on any atom is 0.151 e. The molecule has 142 valence electrons. The first-order valence-electron chi connectivity index (χ1n) is 9.27. The smallest absolute Gasteiger partial charge is 0.151 e. The molecule has 1 N–H and O–H groups in total. The molecule has 1 saturated heterocycles. The molecule has 1 aliphatic heterocycles. The summed E-state index contributed by atoms with van der Waals surface area (Å²) in [7, 11) is 4.25. The van der Waals surface area contributed by atoms with Crippen molar-refractivity contribution in [3.8, 4) is 23.1 Å². The number of benzene rings is 1. The summed E-state index contributed by atoms with van der Waals surface area (Å²) in [5.74, 6) is 1.38. The largest absolute Gasteiger partial charge is 0.507 e. The summed E-state index contributed by atoms with van der Waals surface area (Å²) in [5.41, 5.74) is 1.67. The van der Waals surface area contributed by atoms with Crippen molar-refractivity contribution in [1.29, 1.82) is 5.26 Å². The van der Waals surface area contributed by atoms with E-state index in [-0.39, 0.29) is 11.3 Å². The molecular weight excluding hydrogens is 338 g/mol. The first-order chi connectivity index (χ1) is 12.8. The first kappa shape index (κ1) is 19.1. The highest BCUT2D eigenvalue weighted by atomic mass is 16.3. The van der Waals surface area contributed by atoms with Crippen LogP contribution in [0.15, 0.2) is 30.3 Å². The van der Waals surface area contributed by atoms with Gasteiger partial charge in [-0.1, -0.05) is 6.92 Å². The number of aromatic nitrogens is 2. The molecule has 0 aliphatic carbocycles. The number of piperidine rings is 1. The number of likely N-dealkylation sites (tertiary alicyclic amines) is 1. The van der Waals surface area contributed by atoms with Gasteiger partial charge in [-0.2, -0.15) is 5.26 Å². The van der Waals surface area contributed by atoms with Gasteiger partial charge in [-0.3, -0.25) is 0 Å². The fourth-order valence-electron chi connectivity index (χ4n) is 3.85. The molecular formula is C21H27N5O. The van der Waals surface area contributed by atoms with Crippen molar-refractivity contribution in [1.82, 2.24) is 15.1 Å². The van der Waals surface area contributed by atoms with E-state index in [0.717, 1.165) is 18.8 Å². The van der Waals surface area contributed by atoms with Crippen LogP contribution in [0.4, 0.5) is 5.82 Å². The summed E-state index contributed by atoms with van der Waals surface area (Å²) in [6.45, 7) is 7.92. The van der Waals surface area contributed by atoms with Gasteiger partial charge in [-0.25, -0.2) is 0 Å². The second kappa shape index (κ2) is 7.16. The number of hydrogen-bond donors (Lipinski definition) is 1. The summed E-state index contributed by atoms with van der Waals surface area (Å²) in [5, 5.41) is 27.9. The van der Waals surface area contributed by atoms with E-state index in [0.29, 0.717) is 28.8 Å². The standard InChI is InChI=1S/C21H27N5O/c1-14-18(10-11-25(4)21(14,2)3)26(5)20-9-7-17(23-24-20)16-12-15(13-22)6-8-19(16)27/h6-9,12,14,18,27H,10-11H2,1-5H3. The quantitative estimate of drug-likeness (QED) is 0.900. The van der Waals surface area contributed by atoms with Crippen LogP contribution in [0.1, 0.15) is 32.8 Å². The zero-order valence-electron chi connectivity index (χ0n) is 16.6. The van der Waals surface area contributed by atoms with Gasteiger partial charge >= 0.3 is 0 Å². The number of rotatable bonds is 3. The van der Waals surface area contributed by atoms with E-state index < -0.39 is 0 Å². The van der Waals surface area contributed by atoms with Crippen LogP contribution in [0, 0.1) is 17.2 Å². The molecule has 2 heterocycles. The highest BCUT2D eigenvalue weighted by molar-refractivity contribution is 5.68. The molecule has 2 atom stereocenters. The van der Waals surface area contributed by atoms with Gasteiger partial charge in [0.05, 0.1) is 17.3 Å². The van der Waals surface area contributed by atoms with Crippen molar-refractivity contribution in [3.63, 3.8) is 0 Å². The summed E-state index contributed by atoms with van der Waals surface area (Å²) in [6, 6.07) is 11.0. The van der Waals surface area contributed by atoms with Gasteiger partial charge in [-0.05, 0) is 63.6 Å². The number of phenols is 1. The highest BCUT2D eigenvalue weighted by Gasteiger charge is 2.41. The Morgan fingerprint density at radius 2 is 2.00 bits per heavy atom. The maximum atomic E-state index is 10.1. The van der Waals surface area contributed by atoms with Gasteiger partial charge in [-0.15, -0.1) is 10.2 Å². The zero-order chi connectivity index (χ0) is 19.8. The van der Waals surface area contributed by atoms with E-state index in [1.807, 2.05) is 12.1 Å². The van der Waals surface area contributed by atoms with Crippen molar-refractivity contribution in [2.45, 2.75) is 38.8 Å². The van der Waals surface area contributed by atoms with Gasteiger partial charge in [0.25, 0.3) is 0 Å². The Balaban J connectivity index is 1.85. The van der Waals surface area contributed by atoms with Crippen LogP contribution in [0.5, 0.6) is 5.75 Å². The molecule has 0 amide bonds. The summed E-state index contributed by atoms with van der Waals surface area (Å²) in [6.07, 6.45) is 1.08. The molecule has 2 unspecified atom stereocenters. The minimum atomic E-state index is 0.0927. The van der Waals surface area contributed by atoms with E-state index in [1.165, 1.54) is 6.07 Å². The molecule has 6 nitrogen and oxygen atoms in total. The second-order valence-corrected chi connectivity index (χ2v) is 7.95. The lowest BCUT2D eigenvalue weighted by atomic mass is 9.77. The molecule has 0 bridgehead atoms. The van der Waals surface area contributed by atoms with Crippen molar-refractivity contribution >= 4 is 5.82 Å². The van der Waals surface area contributed by atoms with Crippen molar-refractivity contribution < 1.29 is 5.11 Å². The molecule has 6 heteroatoms. The average Bonchev–Trinajstić information content (AvgIpc) is 2.67. The van der Waals surface area contributed by atoms with Gasteiger partial charge in [0, 0.05) is 30.7 Å². The number of anilines is 1. The third kappa shape index (κ3) is 3.47. The van der Waals surface area contributed by atoms with Crippen molar-refractivity contribution in [3.05, 3.63) is 35.9 Å². The lowest BCUT2D eigenvalue weighted by Gasteiger charge is -2.51. The lowest BCUT2D eigenvalue weighted by Crippen LogP contribution is -2.59. The Morgan fingerprint density at radius 3 is 2.63 bits per heavy atom. The molecule has 27 heavy (non-hydrogen) atoms. The fraction of sp³-hybridized carbons (Fsp3) is 0.476. The molecule has 1 fully saturated rings. The Kier molecular flexibility index (Phi) is 5.07. The topological polar surface area (TPSA) is 76.3 Å². The molecule has 1 aliphatic rings. The SMILES string of the molecule is CC1C(N(C)c2ccc(-c3cc(C#N)ccc3O)nn2)CCN(C)C1(C)C. The van der Waals surface area contributed by atoms with Gasteiger partial charge in [0.2, 0.25) is 0 Å². The van der Waals surface area contributed by atoms with Crippen LogP contribution in [0.3, 0.4) is 0 Å². The number of nitriles is 1. The third-order valence-corrected chi connectivity index (χ3v) is 6.35. The fourth-order valence-corrected chi connectivity index (χ4v) is 3.85. The van der Waals surface area contributed by atoms with Crippen molar-refractivity contribution in [2.24, 2.45) is 5.92 Å². The minimum absolute atomic E-state index is 0.0927. The average molecular weight is 365 g/mol. The van der Waals surface area contributed by atoms with Gasteiger partial charge in [0.1, 0.15) is 5.75 Å². The number of hydrogen-bond acceptors (Lipinski definition) is 6. The Bertz CT molecular complexity index is 856. The van der Waals surface area contributed by atoms with Crippen LogP contribution in [0.2, 0.25) is 0 Å². The third-order valence-electron chi connectivity index (χ3n) is 6.35. The van der Waals surface area contributed by atoms with E-state index in [9.17, 15) is 5.11 Å². The van der Waals surface area contributed by atoms with Crippen LogP contribution in [-0.4, -0.2) is 52.4 Å². The molecule has 2 aromatic rings. The van der Waals surface area contributed by atoms with E-state index in [4.69, 9.17) is 5.26 Å². The molecule has 1 aromatic heterocycles. The van der Waals surface area contributed by atoms with Gasteiger partial charge < -0.3 is 14.9 Å². The summed E-state index contributed by atoms with van der Waals surface area (Å²) in [4.78, 5) is 4.63. The van der Waals surface area contributed by atoms with Crippen LogP contribution in [0.25, 0.3) is 11.3 Å². The number of aromatic hydroxyl groups is 1. The van der Waals surface area contributed by atoms with E-state index in [1.54, 1.807) is 12.1 Å². The molecule has 0 spiro atoms. The molecule has 0 radical (unpaired) electrons. The minimum Gasteiger partial charge on any atom is -0.507 e. The van der Waals surface area contributed by atoms with Crippen LogP contribution in [-0.2, 0) is 0 Å². The van der Waals surface area contributed by atoms with Crippen LogP contribution < -0.4 is 4.90 Å². The normalized spacial score (nSPS) is 22.2. The Morgan fingerprint density at radius 1 is 1.26 bits per heavy atom. The summed E-state index contributed by atoms with van der Waals surface area (Å²) < 4.78 is 0. The highest BCUT2D eigenvalue weighted by Crippen LogP contribution is 2.36. The predicted molar refractivity (Wildman–Crippen MR) is 107 cm³/mol. The molecule has 3 rings (SSSR count).